The lowest BCUT2D eigenvalue weighted by molar-refractivity contribution is 0.313. The smallest absolute Gasteiger partial charge is 0.143 e. The van der Waals surface area contributed by atoms with Gasteiger partial charge in [-0.15, -0.1) is 0 Å². The number of amidine groups is 1. The summed E-state index contributed by atoms with van der Waals surface area (Å²) in [5, 5.41) is 14.8. The quantitative estimate of drug-likeness (QED) is 0.301. The van der Waals surface area contributed by atoms with Crippen LogP contribution in [-0.4, -0.2) is 22.6 Å². The number of pyridine rings is 1. The monoisotopic (exact) mass is 222 g/mol. The first-order chi connectivity index (χ1) is 7.65. The van der Waals surface area contributed by atoms with Gasteiger partial charge >= 0.3 is 0 Å². The molecule has 1 aromatic heterocycles. The molecule has 1 heterocycles. The van der Waals surface area contributed by atoms with Crippen molar-refractivity contribution in [2.75, 3.05) is 6.54 Å². The van der Waals surface area contributed by atoms with Crippen LogP contribution in [0.25, 0.3) is 0 Å². The van der Waals surface area contributed by atoms with Crippen LogP contribution in [0.1, 0.15) is 25.5 Å². The maximum absolute atomic E-state index is 8.51. The number of rotatable bonds is 5. The molecule has 0 spiro atoms. The van der Waals surface area contributed by atoms with Crippen molar-refractivity contribution >= 4 is 5.84 Å². The number of hydrogen-bond acceptors (Lipinski definition) is 4. The Morgan fingerprint density at radius 3 is 2.94 bits per heavy atom. The Labute approximate surface area is 95.4 Å². The highest BCUT2D eigenvalue weighted by Gasteiger charge is 2.10. The second-order valence-corrected chi connectivity index (χ2v) is 3.84. The predicted molar refractivity (Wildman–Crippen MR) is 63.2 cm³/mol. The lowest BCUT2D eigenvalue weighted by Gasteiger charge is -2.16. The molecule has 0 fully saturated rings. The van der Waals surface area contributed by atoms with Crippen LogP contribution in [0.5, 0.6) is 0 Å². The third-order valence-corrected chi connectivity index (χ3v) is 2.54. The van der Waals surface area contributed by atoms with Gasteiger partial charge in [0.1, 0.15) is 5.84 Å². The molecule has 0 aliphatic heterocycles. The average molecular weight is 222 g/mol. The van der Waals surface area contributed by atoms with E-state index in [1.165, 1.54) is 0 Å². The Bertz CT molecular complexity index is 339. The Kier molecular flexibility index (Phi) is 4.72. The fourth-order valence-electron chi connectivity index (χ4n) is 1.31. The third-order valence-electron chi connectivity index (χ3n) is 2.54. The molecule has 0 saturated heterocycles. The van der Waals surface area contributed by atoms with Gasteiger partial charge in [-0.3, -0.25) is 4.98 Å². The van der Waals surface area contributed by atoms with Gasteiger partial charge in [0.05, 0.1) is 0 Å². The van der Waals surface area contributed by atoms with Crippen LogP contribution in [-0.2, 0) is 0 Å². The molecular formula is C11H18N4O. The second kappa shape index (κ2) is 6.07. The van der Waals surface area contributed by atoms with Crippen LogP contribution < -0.4 is 11.1 Å². The number of aromatic nitrogens is 1. The maximum Gasteiger partial charge on any atom is 0.143 e. The Hall–Kier alpha value is -1.62. The topological polar surface area (TPSA) is 83.5 Å². The van der Waals surface area contributed by atoms with Crippen molar-refractivity contribution in [3.63, 3.8) is 0 Å². The Morgan fingerprint density at radius 2 is 2.38 bits per heavy atom. The van der Waals surface area contributed by atoms with Gasteiger partial charge in [-0.05, 0) is 18.6 Å². The molecule has 0 radical (unpaired) electrons. The lowest BCUT2D eigenvalue weighted by atomic mass is 10.1. The van der Waals surface area contributed by atoms with Crippen molar-refractivity contribution < 1.29 is 5.21 Å². The van der Waals surface area contributed by atoms with E-state index in [0.717, 1.165) is 5.56 Å². The van der Waals surface area contributed by atoms with E-state index in [1.807, 2.05) is 25.3 Å². The first kappa shape index (κ1) is 12.4. The van der Waals surface area contributed by atoms with Crippen molar-refractivity contribution in [2.24, 2.45) is 16.8 Å². The van der Waals surface area contributed by atoms with Gasteiger partial charge in [-0.25, -0.2) is 0 Å². The minimum Gasteiger partial charge on any atom is -0.409 e. The Morgan fingerprint density at radius 1 is 1.62 bits per heavy atom. The van der Waals surface area contributed by atoms with Gasteiger partial charge in [0, 0.05) is 30.9 Å². The number of nitrogens with one attached hydrogen (secondary N) is 1. The summed E-state index contributed by atoms with van der Waals surface area (Å²) in [4.78, 5) is 4.06. The lowest BCUT2D eigenvalue weighted by Crippen LogP contribution is -2.32. The number of oxime groups is 1. The number of nitrogens with zero attached hydrogens (tertiary/aromatic N) is 2. The normalized spacial score (nSPS) is 15.8. The molecule has 5 heteroatoms. The van der Waals surface area contributed by atoms with E-state index in [1.54, 1.807) is 6.20 Å². The largest absolute Gasteiger partial charge is 0.409 e. The molecule has 5 nitrogen and oxygen atoms in total. The summed E-state index contributed by atoms with van der Waals surface area (Å²) < 4.78 is 0. The van der Waals surface area contributed by atoms with Crippen molar-refractivity contribution in [3.05, 3.63) is 30.1 Å². The van der Waals surface area contributed by atoms with Gasteiger partial charge in [-0.1, -0.05) is 18.1 Å². The first-order valence-corrected chi connectivity index (χ1v) is 5.26. The summed E-state index contributed by atoms with van der Waals surface area (Å²) in [5.74, 6) is 0.245. The van der Waals surface area contributed by atoms with Crippen LogP contribution in [0, 0.1) is 5.92 Å². The molecule has 1 unspecified atom stereocenters. The molecule has 1 rings (SSSR count). The van der Waals surface area contributed by atoms with Crippen molar-refractivity contribution in [1.29, 1.82) is 0 Å². The van der Waals surface area contributed by atoms with Crippen LogP contribution in [0.2, 0.25) is 0 Å². The molecule has 2 atom stereocenters. The van der Waals surface area contributed by atoms with E-state index in [0.29, 0.717) is 6.54 Å². The molecule has 0 saturated carbocycles. The van der Waals surface area contributed by atoms with E-state index in [-0.39, 0.29) is 17.8 Å². The zero-order valence-corrected chi connectivity index (χ0v) is 9.59. The van der Waals surface area contributed by atoms with Gasteiger partial charge in [0.2, 0.25) is 0 Å². The van der Waals surface area contributed by atoms with E-state index in [9.17, 15) is 0 Å². The summed E-state index contributed by atoms with van der Waals surface area (Å²) in [6.07, 6.45) is 3.57. The van der Waals surface area contributed by atoms with E-state index in [2.05, 4.69) is 22.4 Å². The van der Waals surface area contributed by atoms with E-state index < -0.39 is 0 Å². The highest BCUT2D eigenvalue weighted by molar-refractivity contribution is 5.82. The fourth-order valence-corrected chi connectivity index (χ4v) is 1.31. The molecule has 0 aliphatic rings. The molecule has 88 valence electrons. The zero-order chi connectivity index (χ0) is 12.0. The predicted octanol–water partition coefficient (Wildman–Crippen LogP) is 1.11. The molecule has 1 aromatic rings. The van der Waals surface area contributed by atoms with Crippen LogP contribution in [0.4, 0.5) is 0 Å². The molecule has 0 amide bonds. The summed E-state index contributed by atoms with van der Waals surface area (Å²) >= 11 is 0. The molecule has 0 bridgehead atoms. The summed E-state index contributed by atoms with van der Waals surface area (Å²) in [5.41, 5.74) is 6.61. The van der Waals surface area contributed by atoms with Crippen LogP contribution in [0.3, 0.4) is 0 Å². The summed E-state index contributed by atoms with van der Waals surface area (Å²) in [6, 6.07) is 4.11. The number of hydrogen-bond donors (Lipinski definition) is 3. The standard InChI is InChI=1S/C11H18N4O/c1-8(11(12)15-16)6-14-9(2)10-4-3-5-13-7-10/h3-5,7-9,14,16H,6H2,1-2H3,(H2,12,15)/t8?,9-/m1/s1. The second-order valence-electron chi connectivity index (χ2n) is 3.84. The average Bonchev–Trinajstić information content (AvgIpc) is 2.35. The molecular weight excluding hydrogens is 204 g/mol. The van der Waals surface area contributed by atoms with Gasteiger partial charge in [0.25, 0.3) is 0 Å². The van der Waals surface area contributed by atoms with Crippen molar-refractivity contribution in [1.82, 2.24) is 10.3 Å². The zero-order valence-electron chi connectivity index (χ0n) is 9.59. The minimum atomic E-state index is 0.00382. The van der Waals surface area contributed by atoms with Crippen LogP contribution in [0.15, 0.2) is 29.7 Å². The third kappa shape index (κ3) is 3.51. The van der Waals surface area contributed by atoms with Crippen molar-refractivity contribution in [3.8, 4) is 0 Å². The summed E-state index contributed by atoms with van der Waals surface area (Å²) in [6.45, 7) is 4.61. The highest BCUT2D eigenvalue weighted by Crippen LogP contribution is 2.10. The van der Waals surface area contributed by atoms with Gasteiger partial charge < -0.3 is 16.3 Å². The minimum absolute atomic E-state index is 0.00382. The SMILES string of the molecule is CC(CN[C@H](C)c1cccnc1)/C(N)=N/O. The van der Waals surface area contributed by atoms with E-state index >= 15 is 0 Å². The maximum atomic E-state index is 8.51. The Balaban J connectivity index is 2.45. The fraction of sp³-hybridized carbons (Fsp3) is 0.455. The van der Waals surface area contributed by atoms with E-state index in [4.69, 9.17) is 10.9 Å². The first-order valence-electron chi connectivity index (χ1n) is 5.26. The molecule has 0 aliphatic carbocycles. The molecule has 4 N–H and O–H groups in total. The molecule has 16 heavy (non-hydrogen) atoms. The van der Waals surface area contributed by atoms with Crippen molar-refractivity contribution in [2.45, 2.75) is 19.9 Å². The van der Waals surface area contributed by atoms with Gasteiger partial charge in [0.15, 0.2) is 0 Å². The number of nitrogens with two attached hydrogens (primary N) is 1. The van der Waals surface area contributed by atoms with Crippen LogP contribution >= 0.6 is 0 Å². The highest BCUT2D eigenvalue weighted by atomic mass is 16.4. The van der Waals surface area contributed by atoms with Gasteiger partial charge in [-0.2, -0.15) is 0 Å². The molecule has 0 aromatic carbocycles. The summed E-state index contributed by atoms with van der Waals surface area (Å²) in [7, 11) is 0.